The summed E-state index contributed by atoms with van der Waals surface area (Å²) >= 11 is 0. The van der Waals surface area contributed by atoms with Gasteiger partial charge in [0.15, 0.2) is 0 Å². The van der Waals surface area contributed by atoms with Gasteiger partial charge in [-0.15, -0.1) is 0 Å². The Morgan fingerprint density at radius 2 is 1.82 bits per heavy atom. The molecule has 0 fully saturated rings. The summed E-state index contributed by atoms with van der Waals surface area (Å²) in [5.41, 5.74) is 0.818. The molecule has 0 aliphatic rings. The van der Waals surface area contributed by atoms with Gasteiger partial charge in [-0.2, -0.15) is 0 Å². The molecular formula is C12H17NO3S. The number of rotatable bonds is 6. The van der Waals surface area contributed by atoms with Crippen LogP contribution in [0.2, 0.25) is 0 Å². The SMILES string of the molecule is CCCCC(=O)Cc1ccc(S(N)(=O)=O)cc1. The van der Waals surface area contributed by atoms with Gasteiger partial charge in [-0.25, -0.2) is 13.6 Å². The molecule has 0 aromatic heterocycles. The molecule has 0 unspecified atom stereocenters. The van der Waals surface area contributed by atoms with Gasteiger partial charge in [0.1, 0.15) is 5.78 Å². The van der Waals surface area contributed by atoms with E-state index in [4.69, 9.17) is 5.14 Å². The molecule has 1 aromatic carbocycles. The molecule has 94 valence electrons. The van der Waals surface area contributed by atoms with E-state index in [0.29, 0.717) is 12.8 Å². The second kappa shape index (κ2) is 5.93. The normalized spacial score (nSPS) is 11.4. The predicted octanol–water partition coefficient (Wildman–Crippen LogP) is 1.64. The van der Waals surface area contributed by atoms with Crippen molar-refractivity contribution in [3.63, 3.8) is 0 Å². The standard InChI is InChI=1S/C12H17NO3S/c1-2-3-4-11(14)9-10-5-7-12(8-6-10)17(13,15)16/h5-8H,2-4,9H2,1H3,(H2,13,15,16). The lowest BCUT2D eigenvalue weighted by atomic mass is 10.1. The highest BCUT2D eigenvalue weighted by atomic mass is 32.2. The molecule has 0 atom stereocenters. The Hall–Kier alpha value is -1.20. The van der Waals surface area contributed by atoms with Gasteiger partial charge in [0.25, 0.3) is 0 Å². The molecule has 0 bridgehead atoms. The molecule has 1 aromatic rings. The number of hydrogen-bond acceptors (Lipinski definition) is 3. The summed E-state index contributed by atoms with van der Waals surface area (Å²) in [7, 11) is -3.65. The largest absolute Gasteiger partial charge is 0.299 e. The summed E-state index contributed by atoms with van der Waals surface area (Å²) in [6.07, 6.45) is 2.82. The summed E-state index contributed by atoms with van der Waals surface area (Å²) in [6.45, 7) is 2.04. The third-order valence-corrected chi connectivity index (χ3v) is 3.39. The van der Waals surface area contributed by atoms with E-state index >= 15 is 0 Å². The lowest BCUT2D eigenvalue weighted by Gasteiger charge is -2.02. The highest BCUT2D eigenvalue weighted by molar-refractivity contribution is 7.89. The van der Waals surface area contributed by atoms with E-state index in [2.05, 4.69) is 0 Å². The molecule has 1 rings (SSSR count). The van der Waals surface area contributed by atoms with E-state index in [1.165, 1.54) is 12.1 Å². The smallest absolute Gasteiger partial charge is 0.238 e. The minimum absolute atomic E-state index is 0.0715. The minimum Gasteiger partial charge on any atom is -0.299 e. The molecule has 0 radical (unpaired) electrons. The van der Waals surface area contributed by atoms with Gasteiger partial charge < -0.3 is 0 Å². The maximum Gasteiger partial charge on any atom is 0.238 e. The first-order chi connectivity index (χ1) is 7.93. The number of hydrogen-bond donors (Lipinski definition) is 1. The average molecular weight is 255 g/mol. The van der Waals surface area contributed by atoms with Crippen molar-refractivity contribution in [2.45, 2.75) is 37.5 Å². The molecule has 0 saturated heterocycles. The number of carbonyl (C=O) groups excluding carboxylic acids is 1. The number of Topliss-reactive ketones (excluding diaryl/α,β-unsaturated/α-hetero) is 1. The number of nitrogens with two attached hydrogens (primary N) is 1. The molecule has 0 aliphatic carbocycles. The lowest BCUT2D eigenvalue weighted by Crippen LogP contribution is -2.12. The molecule has 0 spiro atoms. The Morgan fingerprint density at radius 3 is 2.29 bits per heavy atom. The number of primary sulfonamides is 1. The van der Waals surface area contributed by atoms with Crippen LogP contribution in [-0.2, 0) is 21.2 Å². The van der Waals surface area contributed by atoms with Crippen molar-refractivity contribution in [2.24, 2.45) is 5.14 Å². The van der Waals surface area contributed by atoms with Crippen LogP contribution in [0.5, 0.6) is 0 Å². The molecular weight excluding hydrogens is 238 g/mol. The minimum atomic E-state index is -3.65. The zero-order valence-corrected chi connectivity index (χ0v) is 10.7. The molecule has 0 heterocycles. The molecule has 0 saturated carbocycles. The van der Waals surface area contributed by atoms with Crippen molar-refractivity contribution >= 4 is 15.8 Å². The van der Waals surface area contributed by atoms with E-state index in [1.54, 1.807) is 12.1 Å². The zero-order chi connectivity index (χ0) is 12.9. The summed E-state index contributed by atoms with van der Waals surface area (Å²) in [5, 5.41) is 4.98. The Kier molecular flexibility index (Phi) is 4.84. The first-order valence-corrected chi connectivity index (χ1v) is 7.11. The molecule has 5 heteroatoms. The van der Waals surface area contributed by atoms with Gasteiger partial charge in [-0.1, -0.05) is 25.5 Å². The van der Waals surface area contributed by atoms with E-state index in [-0.39, 0.29) is 10.7 Å². The van der Waals surface area contributed by atoms with Crippen LogP contribution < -0.4 is 5.14 Å². The van der Waals surface area contributed by atoms with Gasteiger partial charge in [-0.3, -0.25) is 4.79 Å². The fourth-order valence-electron chi connectivity index (χ4n) is 1.49. The second-order valence-corrected chi connectivity index (χ2v) is 5.57. The van der Waals surface area contributed by atoms with Gasteiger partial charge in [0.05, 0.1) is 4.90 Å². The van der Waals surface area contributed by atoms with Crippen LogP contribution >= 0.6 is 0 Å². The topological polar surface area (TPSA) is 77.2 Å². The van der Waals surface area contributed by atoms with Gasteiger partial charge in [0, 0.05) is 12.8 Å². The van der Waals surface area contributed by atoms with Gasteiger partial charge in [0.2, 0.25) is 10.0 Å². The summed E-state index contributed by atoms with van der Waals surface area (Å²) in [4.78, 5) is 11.6. The highest BCUT2D eigenvalue weighted by Crippen LogP contribution is 2.10. The van der Waals surface area contributed by atoms with Crippen molar-refractivity contribution < 1.29 is 13.2 Å². The van der Waals surface area contributed by atoms with Crippen molar-refractivity contribution in [3.8, 4) is 0 Å². The first-order valence-electron chi connectivity index (χ1n) is 5.57. The Morgan fingerprint density at radius 1 is 1.24 bits per heavy atom. The van der Waals surface area contributed by atoms with E-state index in [9.17, 15) is 13.2 Å². The third kappa shape index (κ3) is 4.66. The van der Waals surface area contributed by atoms with E-state index in [1.807, 2.05) is 6.92 Å². The number of carbonyl (C=O) groups is 1. The van der Waals surface area contributed by atoms with Crippen molar-refractivity contribution in [1.29, 1.82) is 0 Å². The van der Waals surface area contributed by atoms with Crippen LogP contribution in [-0.4, -0.2) is 14.2 Å². The first kappa shape index (κ1) is 13.9. The number of sulfonamides is 1. The average Bonchev–Trinajstić information content (AvgIpc) is 2.26. The maximum absolute atomic E-state index is 11.5. The molecule has 0 amide bonds. The van der Waals surface area contributed by atoms with Crippen molar-refractivity contribution in [3.05, 3.63) is 29.8 Å². The molecule has 17 heavy (non-hydrogen) atoms. The predicted molar refractivity (Wildman–Crippen MR) is 66.1 cm³/mol. The molecule has 0 aliphatic heterocycles. The zero-order valence-electron chi connectivity index (χ0n) is 9.85. The fraction of sp³-hybridized carbons (Fsp3) is 0.417. The quantitative estimate of drug-likeness (QED) is 0.839. The lowest BCUT2D eigenvalue weighted by molar-refractivity contribution is -0.118. The van der Waals surface area contributed by atoms with Crippen LogP contribution in [0.15, 0.2) is 29.2 Å². The Labute approximate surface area is 102 Å². The van der Waals surface area contributed by atoms with E-state index in [0.717, 1.165) is 18.4 Å². The van der Waals surface area contributed by atoms with Crippen LogP contribution in [0.25, 0.3) is 0 Å². The maximum atomic E-state index is 11.5. The van der Waals surface area contributed by atoms with Crippen molar-refractivity contribution in [1.82, 2.24) is 0 Å². The van der Waals surface area contributed by atoms with Gasteiger partial charge in [-0.05, 0) is 24.1 Å². The van der Waals surface area contributed by atoms with E-state index < -0.39 is 10.0 Å². The van der Waals surface area contributed by atoms with Crippen LogP contribution in [0, 0.1) is 0 Å². The van der Waals surface area contributed by atoms with Crippen LogP contribution in [0.1, 0.15) is 31.7 Å². The number of unbranched alkanes of at least 4 members (excludes halogenated alkanes) is 1. The molecule has 4 nitrogen and oxygen atoms in total. The summed E-state index contributed by atoms with van der Waals surface area (Å²) in [6, 6.07) is 6.11. The Bertz CT molecular complexity index is 477. The third-order valence-electron chi connectivity index (χ3n) is 2.46. The monoisotopic (exact) mass is 255 g/mol. The highest BCUT2D eigenvalue weighted by Gasteiger charge is 2.08. The molecule has 2 N–H and O–H groups in total. The summed E-state index contributed by atoms with van der Waals surface area (Å²) in [5.74, 6) is 0.176. The number of benzene rings is 1. The Balaban J connectivity index is 2.66. The summed E-state index contributed by atoms with van der Waals surface area (Å²) < 4.78 is 22.0. The number of ketones is 1. The van der Waals surface area contributed by atoms with Crippen LogP contribution in [0.4, 0.5) is 0 Å². The second-order valence-electron chi connectivity index (χ2n) is 4.01. The fourth-order valence-corrected chi connectivity index (χ4v) is 2.00. The van der Waals surface area contributed by atoms with Gasteiger partial charge >= 0.3 is 0 Å². The van der Waals surface area contributed by atoms with Crippen LogP contribution in [0.3, 0.4) is 0 Å². The van der Waals surface area contributed by atoms with Crippen molar-refractivity contribution in [2.75, 3.05) is 0 Å².